The molecule has 0 aromatic carbocycles. The summed E-state index contributed by atoms with van der Waals surface area (Å²) >= 11 is 0. The molecule has 0 spiro atoms. The van der Waals surface area contributed by atoms with E-state index in [0.29, 0.717) is 0 Å². The number of hydrogen-bond donors (Lipinski definition) is 2. The number of rotatable bonds is 3. The van der Waals surface area contributed by atoms with Crippen LogP contribution in [0, 0.1) is 5.92 Å². The van der Waals surface area contributed by atoms with Crippen molar-refractivity contribution in [3.05, 3.63) is 18.3 Å². The van der Waals surface area contributed by atoms with Gasteiger partial charge in [0.1, 0.15) is 5.82 Å². The first-order valence-corrected chi connectivity index (χ1v) is 6.35. The van der Waals surface area contributed by atoms with Gasteiger partial charge in [-0.2, -0.15) is 0 Å². The third-order valence-corrected chi connectivity index (χ3v) is 3.48. The second kappa shape index (κ2) is 5.71. The van der Waals surface area contributed by atoms with E-state index in [2.05, 4.69) is 20.5 Å². The van der Waals surface area contributed by atoms with Crippen LogP contribution in [0.3, 0.4) is 0 Å². The van der Waals surface area contributed by atoms with Crippen LogP contribution in [0.25, 0.3) is 0 Å². The molecule has 0 bridgehead atoms. The molecule has 18 heavy (non-hydrogen) atoms. The summed E-state index contributed by atoms with van der Waals surface area (Å²) in [5, 5.41) is 5.77. The van der Waals surface area contributed by atoms with E-state index in [0.717, 1.165) is 31.7 Å². The van der Waals surface area contributed by atoms with Crippen LogP contribution in [0.1, 0.15) is 12.8 Å². The maximum atomic E-state index is 11.6. The van der Waals surface area contributed by atoms with Crippen LogP contribution in [0.5, 0.6) is 0 Å². The van der Waals surface area contributed by atoms with Gasteiger partial charge in [0, 0.05) is 51.1 Å². The summed E-state index contributed by atoms with van der Waals surface area (Å²) < 4.78 is 0. The lowest BCUT2D eigenvalue weighted by molar-refractivity contribution is -0.125. The first-order valence-electron chi connectivity index (χ1n) is 6.35. The third-order valence-electron chi connectivity index (χ3n) is 3.48. The lowest BCUT2D eigenvalue weighted by Gasteiger charge is -2.32. The average molecular weight is 248 g/mol. The van der Waals surface area contributed by atoms with Crippen LogP contribution < -0.4 is 15.5 Å². The minimum Gasteiger partial charge on any atom is -0.373 e. The Bertz CT molecular complexity index is 413. The highest BCUT2D eigenvalue weighted by Crippen LogP contribution is 2.24. The lowest BCUT2D eigenvalue weighted by Crippen LogP contribution is -2.39. The highest BCUT2D eigenvalue weighted by Gasteiger charge is 2.24. The van der Waals surface area contributed by atoms with Gasteiger partial charge in [-0.15, -0.1) is 0 Å². The average Bonchev–Trinajstić information content (AvgIpc) is 2.46. The molecular formula is C13H20N4O. The zero-order valence-electron chi connectivity index (χ0n) is 10.9. The summed E-state index contributed by atoms with van der Waals surface area (Å²) in [5.41, 5.74) is 1.17. The fourth-order valence-corrected chi connectivity index (χ4v) is 2.36. The zero-order valence-corrected chi connectivity index (χ0v) is 10.9. The minimum atomic E-state index is 0.164. The van der Waals surface area contributed by atoms with Crippen molar-refractivity contribution in [2.24, 2.45) is 5.92 Å². The molecular weight excluding hydrogens is 228 g/mol. The number of nitrogens with zero attached hydrogens (tertiary/aromatic N) is 2. The number of aromatic nitrogens is 1. The molecule has 1 amide bonds. The predicted octanol–water partition coefficient (Wildman–Crippen LogP) is 1.09. The van der Waals surface area contributed by atoms with Crippen LogP contribution in [0.2, 0.25) is 0 Å². The Balaban J connectivity index is 1.98. The molecule has 5 heteroatoms. The SMILES string of the molecule is CNC(=O)C1CCN(c2ccnc(NC)c2)CC1. The molecule has 98 valence electrons. The Morgan fingerprint density at radius 3 is 2.72 bits per heavy atom. The molecule has 1 aliphatic rings. The lowest BCUT2D eigenvalue weighted by atomic mass is 9.95. The van der Waals surface area contributed by atoms with Crippen LogP contribution >= 0.6 is 0 Å². The molecule has 1 aliphatic heterocycles. The van der Waals surface area contributed by atoms with Gasteiger partial charge in [0.15, 0.2) is 0 Å². The van der Waals surface area contributed by atoms with Crippen molar-refractivity contribution in [1.82, 2.24) is 10.3 Å². The molecule has 1 saturated heterocycles. The Morgan fingerprint density at radius 2 is 2.11 bits per heavy atom. The molecule has 0 aliphatic carbocycles. The highest BCUT2D eigenvalue weighted by molar-refractivity contribution is 5.78. The number of pyridine rings is 1. The van der Waals surface area contributed by atoms with E-state index in [4.69, 9.17) is 0 Å². The van der Waals surface area contributed by atoms with Crippen molar-refractivity contribution in [3.63, 3.8) is 0 Å². The number of carbonyl (C=O) groups excluding carboxylic acids is 1. The molecule has 2 rings (SSSR count). The summed E-state index contributed by atoms with van der Waals surface area (Å²) in [6.45, 7) is 1.84. The van der Waals surface area contributed by atoms with Gasteiger partial charge in [-0.3, -0.25) is 4.79 Å². The first kappa shape index (κ1) is 12.7. The Kier molecular flexibility index (Phi) is 4.02. The summed E-state index contributed by atoms with van der Waals surface area (Å²) in [5.74, 6) is 1.21. The molecule has 1 aromatic heterocycles. The van der Waals surface area contributed by atoms with E-state index in [1.807, 2.05) is 25.4 Å². The predicted molar refractivity (Wildman–Crippen MR) is 72.8 cm³/mol. The monoisotopic (exact) mass is 248 g/mol. The van der Waals surface area contributed by atoms with Gasteiger partial charge < -0.3 is 15.5 Å². The Labute approximate surface area is 108 Å². The van der Waals surface area contributed by atoms with Gasteiger partial charge in [-0.1, -0.05) is 0 Å². The number of anilines is 2. The van der Waals surface area contributed by atoms with Crippen molar-refractivity contribution >= 4 is 17.4 Å². The molecule has 0 radical (unpaired) electrons. The van der Waals surface area contributed by atoms with Gasteiger partial charge in [-0.25, -0.2) is 4.98 Å². The maximum absolute atomic E-state index is 11.6. The van der Waals surface area contributed by atoms with Crippen molar-refractivity contribution in [2.45, 2.75) is 12.8 Å². The van der Waals surface area contributed by atoms with E-state index in [1.165, 1.54) is 5.69 Å². The Morgan fingerprint density at radius 1 is 1.39 bits per heavy atom. The molecule has 0 unspecified atom stereocenters. The van der Waals surface area contributed by atoms with Gasteiger partial charge in [-0.05, 0) is 18.9 Å². The largest absolute Gasteiger partial charge is 0.373 e. The quantitative estimate of drug-likeness (QED) is 0.840. The van der Waals surface area contributed by atoms with Crippen LogP contribution in [0.4, 0.5) is 11.5 Å². The minimum absolute atomic E-state index is 0.164. The van der Waals surface area contributed by atoms with Gasteiger partial charge >= 0.3 is 0 Å². The maximum Gasteiger partial charge on any atom is 0.222 e. The number of hydrogen-bond acceptors (Lipinski definition) is 4. The normalized spacial score (nSPS) is 16.4. The van der Waals surface area contributed by atoms with E-state index in [-0.39, 0.29) is 11.8 Å². The molecule has 2 heterocycles. The number of nitrogens with one attached hydrogen (secondary N) is 2. The standard InChI is InChI=1S/C13H20N4O/c1-14-12-9-11(3-6-16-12)17-7-4-10(5-8-17)13(18)15-2/h3,6,9-10H,4-5,7-8H2,1-2H3,(H,14,16)(H,15,18). The van der Waals surface area contributed by atoms with Gasteiger partial charge in [0.2, 0.25) is 5.91 Å². The molecule has 0 atom stereocenters. The third kappa shape index (κ3) is 2.72. The van der Waals surface area contributed by atoms with Crippen LogP contribution in [-0.4, -0.2) is 38.1 Å². The van der Waals surface area contributed by atoms with E-state index >= 15 is 0 Å². The molecule has 5 nitrogen and oxygen atoms in total. The topological polar surface area (TPSA) is 57.3 Å². The van der Waals surface area contributed by atoms with Gasteiger partial charge in [0.05, 0.1) is 0 Å². The summed E-state index contributed by atoms with van der Waals surface area (Å²) in [6.07, 6.45) is 3.64. The molecule has 1 fully saturated rings. The van der Waals surface area contributed by atoms with Crippen molar-refractivity contribution in [2.75, 3.05) is 37.4 Å². The molecule has 2 N–H and O–H groups in total. The van der Waals surface area contributed by atoms with E-state index < -0.39 is 0 Å². The zero-order chi connectivity index (χ0) is 13.0. The second-order valence-corrected chi connectivity index (χ2v) is 4.52. The summed E-state index contributed by atoms with van der Waals surface area (Å²) in [6, 6.07) is 4.06. The smallest absolute Gasteiger partial charge is 0.222 e. The highest BCUT2D eigenvalue weighted by atomic mass is 16.1. The first-order chi connectivity index (χ1) is 8.74. The van der Waals surface area contributed by atoms with Crippen molar-refractivity contribution < 1.29 is 4.79 Å². The molecule has 1 aromatic rings. The number of piperidine rings is 1. The number of carbonyl (C=O) groups is 1. The van der Waals surface area contributed by atoms with Crippen molar-refractivity contribution in [1.29, 1.82) is 0 Å². The van der Waals surface area contributed by atoms with Crippen LogP contribution in [0.15, 0.2) is 18.3 Å². The summed E-state index contributed by atoms with van der Waals surface area (Å²) in [7, 11) is 3.57. The van der Waals surface area contributed by atoms with E-state index in [1.54, 1.807) is 7.05 Å². The molecule has 0 saturated carbocycles. The van der Waals surface area contributed by atoms with Crippen LogP contribution in [-0.2, 0) is 4.79 Å². The summed E-state index contributed by atoms with van der Waals surface area (Å²) in [4.78, 5) is 18.1. The number of amides is 1. The second-order valence-electron chi connectivity index (χ2n) is 4.52. The van der Waals surface area contributed by atoms with E-state index in [9.17, 15) is 4.79 Å². The fraction of sp³-hybridized carbons (Fsp3) is 0.538. The fourth-order valence-electron chi connectivity index (χ4n) is 2.36. The van der Waals surface area contributed by atoms with Crippen molar-refractivity contribution in [3.8, 4) is 0 Å². The van der Waals surface area contributed by atoms with Gasteiger partial charge in [0.25, 0.3) is 0 Å². The Hall–Kier alpha value is -1.78.